The summed E-state index contributed by atoms with van der Waals surface area (Å²) in [4.78, 5) is 11.9. The van der Waals surface area contributed by atoms with Gasteiger partial charge in [-0.15, -0.1) is 0 Å². The molecule has 0 aliphatic heterocycles. The lowest BCUT2D eigenvalue weighted by Crippen LogP contribution is -2.05. The maximum atomic E-state index is 13.8. The molecule has 0 atom stereocenters. The lowest BCUT2D eigenvalue weighted by atomic mass is 10.0. The van der Waals surface area contributed by atoms with E-state index in [0.29, 0.717) is 18.1 Å². The van der Waals surface area contributed by atoms with Crippen molar-refractivity contribution in [3.8, 4) is 11.5 Å². The number of ether oxygens (including phenoxy) is 2. The zero-order valence-electron chi connectivity index (χ0n) is 11.2. The van der Waals surface area contributed by atoms with Gasteiger partial charge in [0, 0.05) is 12.5 Å². The van der Waals surface area contributed by atoms with Crippen LogP contribution in [-0.4, -0.2) is 20.0 Å². The Morgan fingerprint density at radius 3 is 2.28 bits per heavy atom. The maximum absolute atomic E-state index is 13.8. The summed E-state index contributed by atoms with van der Waals surface area (Å²) in [5.74, 6) is 0.294. The molecule has 1 rings (SSSR count). The quantitative estimate of drug-likeness (QED) is 0.729. The van der Waals surface area contributed by atoms with E-state index in [2.05, 4.69) is 0 Å². The van der Waals surface area contributed by atoms with Gasteiger partial charge in [-0.2, -0.15) is 0 Å². The number of hydrogen-bond donors (Lipinski definition) is 0. The van der Waals surface area contributed by atoms with Crippen molar-refractivity contribution < 1.29 is 18.7 Å². The van der Waals surface area contributed by atoms with Gasteiger partial charge in [-0.1, -0.05) is 13.8 Å². The predicted octanol–water partition coefficient (Wildman–Crippen LogP) is 3.46. The number of hydrogen-bond acceptors (Lipinski definition) is 3. The van der Waals surface area contributed by atoms with Crippen LogP contribution in [0.1, 0.15) is 37.0 Å². The van der Waals surface area contributed by atoms with E-state index in [9.17, 15) is 9.18 Å². The minimum absolute atomic E-state index is 0.0632. The monoisotopic (exact) mass is 254 g/mol. The van der Waals surface area contributed by atoms with Crippen molar-refractivity contribution in [1.82, 2.24) is 0 Å². The number of carbonyl (C=O) groups excluding carboxylic acids is 1. The van der Waals surface area contributed by atoms with E-state index in [4.69, 9.17) is 9.47 Å². The normalized spacial score (nSPS) is 10.6. The van der Waals surface area contributed by atoms with Gasteiger partial charge in [-0.05, 0) is 18.4 Å². The van der Waals surface area contributed by atoms with Gasteiger partial charge in [0.05, 0.1) is 19.8 Å². The fraction of sp³-hybridized carbons (Fsp3) is 0.500. The minimum atomic E-state index is -0.568. The van der Waals surface area contributed by atoms with Crippen LogP contribution in [0.4, 0.5) is 4.39 Å². The molecule has 0 bridgehead atoms. The summed E-state index contributed by atoms with van der Waals surface area (Å²) in [7, 11) is 2.88. The van der Waals surface area contributed by atoms with Crippen LogP contribution >= 0.6 is 0 Å². The molecule has 1 aromatic carbocycles. The van der Waals surface area contributed by atoms with Crippen LogP contribution in [0.15, 0.2) is 12.1 Å². The number of carbonyl (C=O) groups is 1. The number of methoxy groups -OCH3 is 2. The highest BCUT2D eigenvalue weighted by molar-refractivity contribution is 5.97. The molecule has 0 saturated heterocycles. The van der Waals surface area contributed by atoms with Crippen LogP contribution in [0.2, 0.25) is 0 Å². The second-order valence-corrected chi connectivity index (χ2v) is 4.54. The lowest BCUT2D eigenvalue weighted by molar-refractivity contribution is 0.0971. The number of Topliss-reactive ketones (excluding diaryl/α,β-unsaturated/α-hetero) is 1. The van der Waals surface area contributed by atoms with Crippen LogP contribution in [0, 0.1) is 11.7 Å². The van der Waals surface area contributed by atoms with Gasteiger partial charge < -0.3 is 9.47 Å². The fourth-order valence-corrected chi connectivity index (χ4v) is 1.62. The molecule has 0 aromatic heterocycles. The Labute approximate surface area is 107 Å². The highest BCUT2D eigenvalue weighted by atomic mass is 19.1. The molecule has 0 N–H and O–H groups in total. The molecule has 0 fully saturated rings. The van der Waals surface area contributed by atoms with Gasteiger partial charge in [0.15, 0.2) is 17.3 Å². The van der Waals surface area contributed by atoms with Gasteiger partial charge in [0.1, 0.15) is 5.82 Å². The Morgan fingerprint density at radius 2 is 1.78 bits per heavy atom. The zero-order chi connectivity index (χ0) is 13.7. The highest BCUT2D eigenvalue weighted by Crippen LogP contribution is 2.30. The molecule has 0 saturated carbocycles. The summed E-state index contributed by atoms with van der Waals surface area (Å²) in [5, 5.41) is 0. The Balaban J connectivity index is 2.98. The number of ketones is 1. The molecule has 1 aromatic rings. The van der Waals surface area contributed by atoms with E-state index < -0.39 is 5.82 Å². The first-order valence-electron chi connectivity index (χ1n) is 5.94. The summed E-state index contributed by atoms with van der Waals surface area (Å²) in [6, 6.07) is 2.58. The largest absolute Gasteiger partial charge is 0.493 e. The van der Waals surface area contributed by atoms with E-state index in [1.807, 2.05) is 13.8 Å². The zero-order valence-corrected chi connectivity index (χ0v) is 11.2. The van der Waals surface area contributed by atoms with Crippen molar-refractivity contribution in [3.63, 3.8) is 0 Å². The Kier molecular flexibility index (Phi) is 5.13. The summed E-state index contributed by atoms with van der Waals surface area (Å²) < 4.78 is 23.8. The van der Waals surface area contributed by atoms with Crippen molar-refractivity contribution in [3.05, 3.63) is 23.5 Å². The van der Waals surface area contributed by atoms with E-state index in [1.165, 1.54) is 26.4 Å². The van der Waals surface area contributed by atoms with Crippen molar-refractivity contribution in [2.75, 3.05) is 14.2 Å². The first-order valence-corrected chi connectivity index (χ1v) is 5.94. The molecule has 0 aliphatic carbocycles. The summed E-state index contributed by atoms with van der Waals surface area (Å²) in [5.41, 5.74) is 0.0632. The molecule has 0 amide bonds. The number of halogens is 1. The third kappa shape index (κ3) is 3.45. The van der Waals surface area contributed by atoms with E-state index in [1.54, 1.807) is 0 Å². The first-order chi connectivity index (χ1) is 8.49. The number of rotatable bonds is 6. The standard InChI is InChI=1S/C14H19FO3/c1-9(2)5-6-12(16)10-7-13(17-3)14(18-4)8-11(10)15/h7-9H,5-6H2,1-4H3. The van der Waals surface area contributed by atoms with E-state index in [-0.39, 0.29) is 17.1 Å². The summed E-state index contributed by atoms with van der Waals surface area (Å²) in [6.45, 7) is 4.05. The molecule has 3 nitrogen and oxygen atoms in total. The average Bonchev–Trinajstić information content (AvgIpc) is 2.35. The first kappa shape index (κ1) is 14.5. The molecule has 0 aliphatic rings. The van der Waals surface area contributed by atoms with Crippen molar-refractivity contribution in [2.45, 2.75) is 26.7 Å². The molecule has 4 heteroatoms. The van der Waals surface area contributed by atoms with Crippen LogP contribution < -0.4 is 9.47 Å². The van der Waals surface area contributed by atoms with Gasteiger partial charge in [-0.3, -0.25) is 4.79 Å². The minimum Gasteiger partial charge on any atom is -0.493 e. The Hall–Kier alpha value is -1.58. The third-order valence-electron chi connectivity index (χ3n) is 2.72. The molecule has 0 spiro atoms. The smallest absolute Gasteiger partial charge is 0.165 e. The van der Waals surface area contributed by atoms with Crippen molar-refractivity contribution in [2.24, 2.45) is 5.92 Å². The Bertz CT molecular complexity index is 427. The van der Waals surface area contributed by atoms with Gasteiger partial charge in [-0.25, -0.2) is 4.39 Å². The van der Waals surface area contributed by atoms with Crippen LogP contribution in [0.5, 0.6) is 11.5 Å². The molecule has 18 heavy (non-hydrogen) atoms. The molecule has 0 unspecified atom stereocenters. The second-order valence-electron chi connectivity index (χ2n) is 4.54. The average molecular weight is 254 g/mol. The second kappa shape index (κ2) is 6.38. The molecule has 0 heterocycles. The molecular formula is C14H19FO3. The van der Waals surface area contributed by atoms with Crippen LogP contribution in [0.25, 0.3) is 0 Å². The molecular weight excluding hydrogens is 235 g/mol. The van der Waals surface area contributed by atoms with Crippen molar-refractivity contribution >= 4 is 5.78 Å². The van der Waals surface area contributed by atoms with Crippen LogP contribution in [0.3, 0.4) is 0 Å². The van der Waals surface area contributed by atoms with Crippen molar-refractivity contribution in [1.29, 1.82) is 0 Å². The van der Waals surface area contributed by atoms with Gasteiger partial charge >= 0.3 is 0 Å². The molecule has 0 radical (unpaired) electrons. The summed E-state index contributed by atoms with van der Waals surface area (Å²) in [6.07, 6.45) is 1.08. The summed E-state index contributed by atoms with van der Waals surface area (Å²) >= 11 is 0. The fourth-order valence-electron chi connectivity index (χ4n) is 1.62. The van der Waals surface area contributed by atoms with E-state index in [0.717, 1.165) is 6.42 Å². The SMILES string of the molecule is COc1cc(F)c(C(=O)CCC(C)C)cc1OC. The maximum Gasteiger partial charge on any atom is 0.165 e. The third-order valence-corrected chi connectivity index (χ3v) is 2.72. The molecule has 100 valence electrons. The topological polar surface area (TPSA) is 35.5 Å². The Morgan fingerprint density at radius 1 is 1.22 bits per heavy atom. The van der Waals surface area contributed by atoms with Crippen LogP contribution in [-0.2, 0) is 0 Å². The van der Waals surface area contributed by atoms with E-state index >= 15 is 0 Å². The van der Waals surface area contributed by atoms with Gasteiger partial charge in [0.25, 0.3) is 0 Å². The predicted molar refractivity (Wildman–Crippen MR) is 67.9 cm³/mol. The van der Waals surface area contributed by atoms with Gasteiger partial charge in [0.2, 0.25) is 0 Å². The number of benzene rings is 1. The lowest BCUT2D eigenvalue weighted by Gasteiger charge is -2.10. The highest BCUT2D eigenvalue weighted by Gasteiger charge is 2.17.